The first kappa shape index (κ1) is 22.4. The van der Waals surface area contributed by atoms with E-state index < -0.39 is 37.3 Å². The van der Waals surface area contributed by atoms with Crippen molar-refractivity contribution in [3.05, 3.63) is 0 Å². The molecular formula is C8H9F11O2. The molecule has 130 valence electrons. The second-order valence-electron chi connectivity index (χ2n) is 3.51. The van der Waals surface area contributed by atoms with Gasteiger partial charge in [-0.15, -0.1) is 13.2 Å². The fourth-order valence-corrected chi connectivity index (χ4v) is 0.631. The van der Waals surface area contributed by atoms with Crippen LogP contribution in [0.5, 0.6) is 0 Å². The van der Waals surface area contributed by atoms with E-state index in [-0.39, 0.29) is 6.92 Å². The summed E-state index contributed by atoms with van der Waals surface area (Å²) < 4.78 is 131. The lowest BCUT2D eigenvalue weighted by Crippen LogP contribution is -2.37. The standard InChI is InChI=1S/C4H4F6O2.C4H5F5/c1-11-3(6,7)2(5)12-4(8,9)10;1-3(5,6)2-4(7,8)9/h2H,1H3;2H2,1H3. The Balaban J connectivity index is 0. The van der Waals surface area contributed by atoms with Crippen LogP contribution in [0, 0.1) is 0 Å². The van der Waals surface area contributed by atoms with E-state index in [1.807, 2.05) is 0 Å². The molecule has 0 saturated heterocycles. The summed E-state index contributed by atoms with van der Waals surface area (Å²) in [7, 11) is 0.353. The Bertz CT molecular complexity index is 278. The third kappa shape index (κ3) is 15.4. The molecule has 1 atom stereocenters. The lowest BCUT2D eigenvalue weighted by molar-refractivity contribution is -0.420. The minimum Gasteiger partial charge on any atom is -0.320 e. The van der Waals surface area contributed by atoms with Crippen LogP contribution in [-0.2, 0) is 9.47 Å². The SMILES string of the molecule is CC(F)(F)CC(F)(F)F.COC(F)(F)C(F)OC(F)(F)F. The highest BCUT2D eigenvalue weighted by molar-refractivity contribution is 4.63. The fourth-order valence-electron chi connectivity index (χ4n) is 0.631. The van der Waals surface area contributed by atoms with Crippen LogP contribution >= 0.6 is 0 Å². The van der Waals surface area contributed by atoms with Gasteiger partial charge >= 0.3 is 18.6 Å². The first-order valence-electron chi connectivity index (χ1n) is 4.66. The van der Waals surface area contributed by atoms with E-state index in [2.05, 4.69) is 9.47 Å². The number of halogens is 11. The summed E-state index contributed by atoms with van der Waals surface area (Å²) in [5.41, 5.74) is 0. The molecule has 0 spiro atoms. The second-order valence-corrected chi connectivity index (χ2v) is 3.51. The van der Waals surface area contributed by atoms with Crippen LogP contribution in [-0.4, -0.2) is 38.0 Å². The molecule has 0 amide bonds. The molecule has 0 aliphatic carbocycles. The molecular weight excluding hydrogens is 337 g/mol. The maximum atomic E-state index is 11.9. The number of hydrogen-bond donors (Lipinski definition) is 0. The van der Waals surface area contributed by atoms with Gasteiger partial charge in [0, 0.05) is 7.11 Å². The van der Waals surface area contributed by atoms with Crippen LogP contribution < -0.4 is 0 Å². The van der Waals surface area contributed by atoms with E-state index in [9.17, 15) is 48.3 Å². The quantitative estimate of drug-likeness (QED) is 0.690. The van der Waals surface area contributed by atoms with E-state index in [1.54, 1.807) is 0 Å². The van der Waals surface area contributed by atoms with Gasteiger partial charge in [-0.05, 0) is 6.92 Å². The van der Waals surface area contributed by atoms with Crippen molar-refractivity contribution < 1.29 is 57.8 Å². The normalized spacial score (nSPS) is 15.3. The zero-order chi connectivity index (χ0) is 17.7. The van der Waals surface area contributed by atoms with Gasteiger partial charge in [-0.1, -0.05) is 0 Å². The summed E-state index contributed by atoms with van der Waals surface area (Å²) in [6.07, 6.45) is -20.7. The molecule has 0 radical (unpaired) electrons. The van der Waals surface area contributed by atoms with Gasteiger partial charge in [0.15, 0.2) is 0 Å². The van der Waals surface area contributed by atoms with Crippen molar-refractivity contribution in [2.45, 2.75) is 44.3 Å². The number of hydrogen-bond acceptors (Lipinski definition) is 2. The summed E-state index contributed by atoms with van der Waals surface area (Å²) >= 11 is 0. The number of methoxy groups -OCH3 is 1. The predicted molar refractivity (Wildman–Crippen MR) is 45.3 cm³/mol. The van der Waals surface area contributed by atoms with Crippen LogP contribution in [0.3, 0.4) is 0 Å². The highest BCUT2D eigenvalue weighted by atomic mass is 19.4. The topological polar surface area (TPSA) is 18.5 Å². The summed E-state index contributed by atoms with van der Waals surface area (Å²) in [6, 6.07) is 0. The molecule has 0 bridgehead atoms. The van der Waals surface area contributed by atoms with Crippen LogP contribution in [0.2, 0.25) is 0 Å². The zero-order valence-electron chi connectivity index (χ0n) is 10.3. The number of rotatable bonds is 4. The summed E-state index contributed by atoms with van der Waals surface area (Å²) in [5.74, 6) is -3.64. The Hall–Kier alpha value is -0.850. The van der Waals surface area contributed by atoms with Crippen molar-refractivity contribution in [2.24, 2.45) is 0 Å². The molecule has 0 N–H and O–H groups in total. The lowest BCUT2D eigenvalue weighted by atomic mass is 10.3. The molecule has 0 aromatic heterocycles. The van der Waals surface area contributed by atoms with Crippen molar-refractivity contribution in [1.29, 1.82) is 0 Å². The zero-order valence-corrected chi connectivity index (χ0v) is 10.3. The molecule has 0 fully saturated rings. The monoisotopic (exact) mass is 346 g/mol. The summed E-state index contributed by atoms with van der Waals surface area (Å²) in [5, 5.41) is 0. The molecule has 0 rings (SSSR count). The highest BCUT2D eigenvalue weighted by Gasteiger charge is 2.48. The van der Waals surface area contributed by atoms with E-state index >= 15 is 0 Å². The Morgan fingerprint density at radius 2 is 1.24 bits per heavy atom. The van der Waals surface area contributed by atoms with Gasteiger partial charge in [-0.2, -0.15) is 22.0 Å². The Labute approximate surface area is 110 Å². The lowest BCUT2D eigenvalue weighted by Gasteiger charge is -2.19. The highest BCUT2D eigenvalue weighted by Crippen LogP contribution is 2.30. The third-order valence-electron chi connectivity index (χ3n) is 1.28. The van der Waals surface area contributed by atoms with Gasteiger partial charge in [0.25, 0.3) is 12.3 Å². The average Bonchev–Trinajstić information content (AvgIpc) is 2.09. The third-order valence-corrected chi connectivity index (χ3v) is 1.28. The first-order valence-corrected chi connectivity index (χ1v) is 4.66. The van der Waals surface area contributed by atoms with Crippen LogP contribution in [0.4, 0.5) is 48.3 Å². The van der Waals surface area contributed by atoms with E-state index in [1.165, 1.54) is 0 Å². The number of alkyl halides is 11. The van der Waals surface area contributed by atoms with Gasteiger partial charge in [-0.3, -0.25) is 0 Å². The molecule has 0 aromatic carbocycles. The van der Waals surface area contributed by atoms with Crippen LogP contribution in [0.15, 0.2) is 0 Å². The molecule has 2 nitrogen and oxygen atoms in total. The molecule has 0 saturated carbocycles. The maximum Gasteiger partial charge on any atom is 0.525 e. The Morgan fingerprint density at radius 3 is 1.38 bits per heavy atom. The second kappa shape index (κ2) is 7.42. The van der Waals surface area contributed by atoms with Crippen molar-refractivity contribution in [3.63, 3.8) is 0 Å². The molecule has 13 heteroatoms. The minimum atomic E-state index is -5.46. The average molecular weight is 346 g/mol. The van der Waals surface area contributed by atoms with Crippen molar-refractivity contribution in [1.82, 2.24) is 0 Å². The number of ether oxygens (including phenoxy) is 2. The Morgan fingerprint density at radius 1 is 0.857 bits per heavy atom. The van der Waals surface area contributed by atoms with Gasteiger partial charge in [-0.25, -0.2) is 17.9 Å². The van der Waals surface area contributed by atoms with Crippen LogP contribution in [0.25, 0.3) is 0 Å². The van der Waals surface area contributed by atoms with Crippen molar-refractivity contribution in [2.75, 3.05) is 7.11 Å². The van der Waals surface area contributed by atoms with E-state index in [0.717, 1.165) is 0 Å². The van der Waals surface area contributed by atoms with E-state index in [0.29, 0.717) is 7.11 Å². The van der Waals surface area contributed by atoms with Crippen LogP contribution in [0.1, 0.15) is 13.3 Å². The largest absolute Gasteiger partial charge is 0.525 e. The first-order chi connectivity index (χ1) is 8.90. The molecule has 0 aliphatic rings. The van der Waals surface area contributed by atoms with Crippen molar-refractivity contribution >= 4 is 0 Å². The van der Waals surface area contributed by atoms with Gasteiger partial charge < -0.3 is 4.74 Å². The minimum absolute atomic E-state index is 0.237. The smallest absolute Gasteiger partial charge is 0.320 e. The predicted octanol–water partition coefficient (Wildman–Crippen LogP) is 4.65. The van der Waals surface area contributed by atoms with Gasteiger partial charge in [0.05, 0.1) is 0 Å². The molecule has 21 heavy (non-hydrogen) atoms. The molecule has 1 unspecified atom stereocenters. The van der Waals surface area contributed by atoms with Crippen molar-refractivity contribution in [3.8, 4) is 0 Å². The maximum absolute atomic E-state index is 11.9. The molecule has 0 aromatic rings. The molecule has 0 heterocycles. The summed E-state index contributed by atoms with van der Waals surface area (Å²) in [6.45, 7) is 0.237. The fraction of sp³-hybridized carbons (Fsp3) is 1.00. The molecule has 0 aliphatic heterocycles. The summed E-state index contributed by atoms with van der Waals surface area (Å²) in [4.78, 5) is 0. The van der Waals surface area contributed by atoms with Gasteiger partial charge in [0.2, 0.25) is 0 Å². The van der Waals surface area contributed by atoms with Gasteiger partial charge in [0.1, 0.15) is 6.42 Å². The Kier molecular flexibility index (Phi) is 7.93. The van der Waals surface area contributed by atoms with E-state index in [4.69, 9.17) is 0 Å².